The fourth-order valence-corrected chi connectivity index (χ4v) is 3.95. The van der Waals surface area contributed by atoms with Gasteiger partial charge in [-0.1, -0.05) is 6.08 Å². The molecule has 1 aromatic heterocycles. The average molecular weight is 327 g/mol. The number of aryl methyl sites for hydroxylation is 1. The van der Waals surface area contributed by atoms with Gasteiger partial charge >= 0.3 is 0 Å². The summed E-state index contributed by atoms with van der Waals surface area (Å²) in [7, 11) is 0. The molecule has 0 saturated carbocycles. The van der Waals surface area contributed by atoms with Crippen molar-refractivity contribution in [2.24, 2.45) is 0 Å². The lowest BCUT2D eigenvalue weighted by Gasteiger charge is -2.35. The maximum atomic E-state index is 10.4. The van der Waals surface area contributed by atoms with Gasteiger partial charge in [-0.3, -0.25) is 0 Å². The van der Waals surface area contributed by atoms with Crippen LogP contribution in [0, 0.1) is 17.0 Å². The molecule has 0 radical (unpaired) electrons. The first-order valence-electron chi connectivity index (χ1n) is 7.02. The van der Waals surface area contributed by atoms with Gasteiger partial charge in [-0.25, -0.2) is 4.98 Å². The van der Waals surface area contributed by atoms with Gasteiger partial charge < -0.3 is 10.0 Å². The Hall–Kier alpha value is -1.51. The van der Waals surface area contributed by atoms with Crippen LogP contribution in [0.15, 0.2) is 6.08 Å². The van der Waals surface area contributed by atoms with Crippen LogP contribution in [-0.4, -0.2) is 38.0 Å². The van der Waals surface area contributed by atoms with E-state index in [9.17, 15) is 15.3 Å². The summed E-state index contributed by atoms with van der Waals surface area (Å²) in [6, 6.07) is 0. The first-order chi connectivity index (χ1) is 10.1. The van der Waals surface area contributed by atoms with E-state index in [1.807, 2.05) is 40.7 Å². The SMILES string of the molecule is Cc1nc(C2=CC(C)(C)N(O)C2(C)C)sc1CCO[N+](=O)[O-]. The third-order valence-corrected chi connectivity index (χ3v) is 5.13. The fourth-order valence-electron chi connectivity index (χ4n) is 2.74. The monoisotopic (exact) mass is 327 g/mol. The highest BCUT2D eigenvalue weighted by Crippen LogP contribution is 2.44. The lowest BCUT2D eigenvalue weighted by atomic mass is 9.97. The van der Waals surface area contributed by atoms with Crippen LogP contribution >= 0.6 is 11.3 Å². The summed E-state index contributed by atoms with van der Waals surface area (Å²) < 4.78 is 0. The second-order valence-corrected chi connectivity index (χ2v) is 7.50. The lowest BCUT2D eigenvalue weighted by molar-refractivity contribution is -0.757. The van der Waals surface area contributed by atoms with Crippen molar-refractivity contribution in [3.05, 3.63) is 31.8 Å². The van der Waals surface area contributed by atoms with Crippen LogP contribution in [-0.2, 0) is 11.3 Å². The molecule has 1 aromatic rings. The topological polar surface area (TPSA) is 88.7 Å². The highest BCUT2D eigenvalue weighted by molar-refractivity contribution is 7.12. The zero-order valence-corrected chi connectivity index (χ0v) is 14.2. The second kappa shape index (κ2) is 5.60. The van der Waals surface area contributed by atoms with Crippen molar-refractivity contribution in [3.8, 4) is 0 Å². The molecule has 122 valence electrons. The zero-order chi connectivity index (χ0) is 16.7. The molecule has 0 fully saturated rings. The number of hydroxylamine groups is 2. The van der Waals surface area contributed by atoms with Gasteiger partial charge in [0, 0.05) is 16.9 Å². The van der Waals surface area contributed by atoms with Gasteiger partial charge in [0.2, 0.25) is 0 Å². The van der Waals surface area contributed by atoms with Crippen molar-refractivity contribution >= 4 is 16.9 Å². The molecule has 2 rings (SSSR count). The van der Waals surface area contributed by atoms with Crippen molar-refractivity contribution in [2.75, 3.05) is 6.61 Å². The van der Waals surface area contributed by atoms with Crippen molar-refractivity contribution < 1.29 is 15.1 Å². The van der Waals surface area contributed by atoms with E-state index in [0.717, 1.165) is 21.2 Å². The van der Waals surface area contributed by atoms with E-state index < -0.39 is 16.2 Å². The molecule has 0 spiro atoms. The van der Waals surface area contributed by atoms with E-state index in [4.69, 9.17) is 0 Å². The van der Waals surface area contributed by atoms with Gasteiger partial charge in [0.25, 0.3) is 5.09 Å². The molecule has 0 aliphatic carbocycles. The third kappa shape index (κ3) is 2.99. The molecule has 0 saturated heterocycles. The average Bonchev–Trinajstić information content (AvgIpc) is 2.82. The van der Waals surface area contributed by atoms with Gasteiger partial charge in [0.1, 0.15) is 11.6 Å². The number of hydrogen-bond donors (Lipinski definition) is 1. The normalized spacial score (nSPS) is 20.0. The fraction of sp³-hybridized carbons (Fsp3) is 0.643. The molecule has 1 aliphatic heterocycles. The van der Waals surface area contributed by atoms with Crippen LogP contribution in [0.25, 0.3) is 5.57 Å². The van der Waals surface area contributed by atoms with E-state index in [2.05, 4.69) is 9.82 Å². The predicted molar refractivity (Wildman–Crippen MR) is 83.3 cm³/mol. The lowest BCUT2D eigenvalue weighted by Crippen LogP contribution is -2.47. The van der Waals surface area contributed by atoms with Crippen molar-refractivity contribution in [2.45, 2.75) is 52.1 Å². The van der Waals surface area contributed by atoms with Crippen LogP contribution in [0.3, 0.4) is 0 Å². The molecule has 1 aliphatic rings. The van der Waals surface area contributed by atoms with Crippen LogP contribution in [0.1, 0.15) is 43.3 Å². The number of rotatable bonds is 5. The largest absolute Gasteiger partial charge is 0.314 e. The molecule has 2 heterocycles. The molecule has 0 atom stereocenters. The third-order valence-electron chi connectivity index (χ3n) is 3.88. The number of nitrogens with zero attached hydrogens (tertiary/aromatic N) is 3. The van der Waals surface area contributed by atoms with Crippen molar-refractivity contribution in [3.63, 3.8) is 0 Å². The van der Waals surface area contributed by atoms with E-state index in [-0.39, 0.29) is 6.61 Å². The Morgan fingerprint density at radius 1 is 1.45 bits per heavy atom. The Morgan fingerprint density at radius 2 is 2.09 bits per heavy atom. The molecule has 0 amide bonds. The van der Waals surface area contributed by atoms with Crippen LogP contribution in [0.4, 0.5) is 0 Å². The van der Waals surface area contributed by atoms with Gasteiger partial charge in [-0.15, -0.1) is 21.5 Å². The minimum absolute atomic E-state index is 0.0233. The van der Waals surface area contributed by atoms with Crippen LogP contribution < -0.4 is 0 Å². The predicted octanol–water partition coefficient (Wildman–Crippen LogP) is 2.85. The summed E-state index contributed by atoms with van der Waals surface area (Å²) in [4.78, 5) is 20.1. The molecule has 0 aromatic carbocycles. The Kier molecular flexibility index (Phi) is 4.29. The number of hydrogen-bond acceptors (Lipinski definition) is 7. The van der Waals surface area contributed by atoms with Crippen molar-refractivity contribution in [1.29, 1.82) is 0 Å². The highest BCUT2D eigenvalue weighted by Gasteiger charge is 2.46. The summed E-state index contributed by atoms with van der Waals surface area (Å²) in [5.74, 6) is 0. The smallest absolute Gasteiger partial charge is 0.294 e. The minimum atomic E-state index is -0.786. The van der Waals surface area contributed by atoms with E-state index in [1.54, 1.807) is 0 Å². The van der Waals surface area contributed by atoms with Gasteiger partial charge in [-0.2, -0.15) is 5.06 Å². The summed E-state index contributed by atoms with van der Waals surface area (Å²) in [6.45, 7) is 9.67. The van der Waals surface area contributed by atoms with Gasteiger partial charge in [0.15, 0.2) is 0 Å². The number of aromatic nitrogens is 1. The van der Waals surface area contributed by atoms with Gasteiger partial charge in [-0.05, 0) is 34.6 Å². The maximum Gasteiger partial charge on any atom is 0.294 e. The molecule has 7 nitrogen and oxygen atoms in total. The summed E-state index contributed by atoms with van der Waals surface area (Å²) in [5.41, 5.74) is 0.808. The first-order valence-corrected chi connectivity index (χ1v) is 7.84. The van der Waals surface area contributed by atoms with Gasteiger partial charge in [0.05, 0.1) is 16.8 Å². The summed E-state index contributed by atoms with van der Waals surface area (Å²) in [5, 5.41) is 22.0. The molecular weight excluding hydrogens is 306 g/mol. The zero-order valence-electron chi connectivity index (χ0n) is 13.4. The van der Waals surface area contributed by atoms with E-state index >= 15 is 0 Å². The molecule has 1 N–H and O–H groups in total. The molecular formula is C14H21N3O4S. The van der Waals surface area contributed by atoms with Crippen LogP contribution in [0.5, 0.6) is 0 Å². The second-order valence-electron chi connectivity index (χ2n) is 6.42. The maximum absolute atomic E-state index is 10.4. The molecule has 22 heavy (non-hydrogen) atoms. The standard InChI is InChI=1S/C14H21N3O4S/c1-9-11(6-7-21-17(19)20)22-12(15-9)10-8-13(2,3)16(18)14(10,4)5/h8,18H,6-7H2,1-5H3. The highest BCUT2D eigenvalue weighted by atomic mass is 32.1. The molecule has 8 heteroatoms. The Bertz CT molecular complexity index is 622. The van der Waals surface area contributed by atoms with E-state index in [0.29, 0.717) is 6.42 Å². The van der Waals surface area contributed by atoms with Crippen molar-refractivity contribution in [1.82, 2.24) is 10.0 Å². The minimum Gasteiger partial charge on any atom is -0.314 e. The summed E-state index contributed by atoms with van der Waals surface area (Å²) in [6.07, 6.45) is 2.47. The Labute approximate surface area is 133 Å². The first kappa shape index (κ1) is 16.9. The number of thiazole rings is 1. The molecule has 0 unspecified atom stereocenters. The van der Waals surface area contributed by atoms with E-state index in [1.165, 1.54) is 16.4 Å². The Balaban J connectivity index is 2.25. The Morgan fingerprint density at radius 3 is 2.59 bits per heavy atom. The quantitative estimate of drug-likeness (QED) is 0.661. The summed E-state index contributed by atoms with van der Waals surface area (Å²) >= 11 is 1.49. The molecule has 0 bridgehead atoms. The van der Waals surface area contributed by atoms with Crippen LogP contribution in [0.2, 0.25) is 0 Å².